The summed E-state index contributed by atoms with van der Waals surface area (Å²) in [5.41, 5.74) is 0. The van der Waals surface area contributed by atoms with Crippen molar-refractivity contribution in [2.75, 3.05) is 26.2 Å². The van der Waals surface area contributed by atoms with E-state index >= 15 is 0 Å². The van der Waals surface area contributed by atoms with Crippen LogP contribution >= 0.6 is 11.3 Å². The van der Waals surface area contributed by atoms with Gasteiger partial charge in [-0.1, -0.05) is 0 Å². The smallest absolute Gasteiger partial charge is 0.222 e. The van der Waals surface area contributed by atoms with E-state index in [9.17, 15) is 4.79 Å². The number of nitrogens with zero attached hydrogens (tertiary/aromatic N) is 2. The first kappa shape index (κ1) is 13.1. The molecule has 0 bridgehead atoms. The van der Waals surface area contributed by atoms with E-state index in [0.29, 0.717) is 12.3 Å². The summed E-state index contributed by atoms with van der Waals surface area (Å²) in [4.78, 5) is 18.6. The second-order valence-corrected chi connectivity index (χ2v) is 6.54. The Morgan fingerprint density at radius 2 is 2.11 bits per heavy atom. The number of thiazole rings is 1. The summed E-state index contributed by atoms with van der Waals surface area (Å²) < 4.78 is 0. The van der Waals surface area contributed by atoms with E-state index in [0.717, 1.165) is 49.4 Å². The number of carbonyl (C=O) groups excluding carboxylic acids is 1. The minimum absolute atomic E-state index is 0.308. The van der Waals surface area contributed by atoms with Gasteiger partial charge in [0.25, 0.3) is 0 Å². The lowest BCUT2D eigenvalue weighted by molar-refractivity contribution is -0.131. The first-order valence-electron chi connectivity index (χ1n) is 7.20. The van der Waals surface area contributed by atoms with Crippen LogP contribution in [0, 0.1) is 11.8 Å². The molecule has 2 fully saturated rings. The van der Waals surface area contributed by atoms with Crippen molar-refractivity contribution in [3.05, 3.63) is 16.6 Å². The Balaban J connectivity index is 1.50. The van der Waals surface area contributed by atoms with Crippen LogP contribution in [0.5, 0.6) is 0 Å². The number of likely N-dealkylation sites (tertiary alicyclic amines) is 1. The van der Waals surface area contributed by atoms with Crippen molar-refractivity contribution in [3.8, 4) is 0 Å². The third-order valence-corrected chi connectivity index (χ3v) is 5.25. The lowest BCUT2D eigenvalue weighted by atomic mass is 9.92. The second-order valence-electron chi connectivity index (χ2n) is 5.56. The Bertz CT molecular complexity index is 406. The van der Waals surface area contributed by atoms with Crippen molar-refractivity contribution in [2.24, 2.45) is 11.8 Å². The third kappa shape index (κ3) is 3.15. The molecule has 1 amide bonds. The van der Waals surface area contributed by atoms with Crippen LogP contribution in [0.25, 0.3) is 0 Å². The van der Waals surface area contributed by atoms with Crippen molar-refractivity contribution in [2.45, 2.75) is 25.7 Å². The van der Waals surface area contributed by atoms with E-state index in [1.54, 1.807) is 11.3 Å². The summed E-state index contributed by atoms with van der Waals surface area (Å²) in [5, 5.41) is 6.51. The van der Waals surface area contributed by atoms with Gasteiger partial charge in [-0.2, -0.15) is 0 Å². The normalized spacial score (nSPS) is 27.1. The fourth-order valence-electron chi connectivity index (χ4n) is 3.22. The molecule has 104 valence electrons. The molecule has 4 nitrogen and oxygen atoms in total. The average Bonchev–Trinajstić information content (AvgIpc) is 3.05. The number of amides is 1. The molecular weight excluding hydrogens is 258 g/mol. The first-order chi connectivity index (χ1) is 9.33. The number of hydrogen-bond acceptors (Lipinski definition) is 4. The standard InChI is InChI=1S/C14H21N3OS/c18-14(2-1-13-16-5-8-19-13)17-6-3-11-9-15-10-12(11)4-7-17/h5,8,11-12,15H,1-4,6-7,9-10H2/t11-,12+. The van der Waals surface area contributed by atoms with Crippen molar-refractivity contribution in [3.63, 3.8) is 0 Å². The molecule has 0 spiro atoms. The van der Waals surface area contributed by atoms with Gasteiger partial charge in [-0.15, -0.1) is 11.3 Å². The molecule has 1 aromatic heterocycles. The van der Waals surface area contributed by atoms with Crippen molar-refractivity contribution in [1.82, 2.24) is 15.2 Å². The Hall–Kier alpha value is -0.940. The monoisotopic (exact) mass is 279 g/mol. The fraction of sp³-hybridized carbons (Fsp3) is 0.714. The minimum Gasteiger partial charge on any atom is -0.343 e. The number of carbonyl (C=O) groups is 1. The number of hydrogen-bond donors (Lipinski definition) is 1. The van der Waals surface area contributed by atoms with Gasteiger partial charge in [0.15, 0.2) is 0 Å². The molecule has 0 unspecified atom stereocenters. The largest absolute Gasteiger partial charge is 0.343 e. The highest BCUT2D eigenvalue weighted by molar-refractivity contribution is 7.09. The first-order valence-corrected chi connectivity index (χ1v) is 8.08. The summed E-state index contributed by atoms with van der Waals surface area (Å²) in [5.74, 6) is 1.89. The molecule has 3 rings (SSSR count). The molecule has 0 aliphatic carbocycles. The SMILES string of the molecule is O=C(CCc1nccs1)N1CC[C@@H]2CNC[C@@H]2CC1. The third-order valence-electron chi connectivity index (χ3n) is 4.41. The predicted octanol–water partition coefficient (Wildman–Crippen LogP) is 1.53. The van der Waals surface area contributed by atoms with E-state index in [1.807, 2.05) is 11.6 Å². The van der Waals surface area contributed by atoms with Crippen LogP contribution in [0.1, 0.15) is 24.3 Å². The molecule has 5 heteroatoms. The van der Waals surface area contributed by atoms with Crippen LogP contribution in [0.3, 0.4) is 0 Å². The Morgan fingerprint density at radius 1 is 1.37 bits per heavy atom. The van der Waals surface area contributed by atoms with Crippen LogP contribution in [0.15, 0.2) is 11.6 Å². The number of aromatic nitrogens is 1. The summed E-state index contributed by atoms with van der Waals surface area (Å²) >= 11 is 1.64. The van der Waals surface area contributed by atoms with E-state index in [-0.39, 0.29) is 0 Å². The quantitative estimate of drug-likeness (QED) is 0.913. The van der Waals surface area contributed by atoms with Crippen molar-refractivity contribution in [1.29, 1.82) is 0 Å². The van der Waals surface area contributed by atoms with Crippen molar-refractivity contribution < 1.29 is 4.79 Å². The van der Waals surface area contributed by atoms with E-state index in [1.165, 1.54) is 12.8 Å². The van der Waals surface area contributed by atoms with Gasteiger partial charge in [0.2, 0.25) is 5.91 Å². The molecule has 1 N–H and O–H groups in total. The van der Waals surface area contributed by atoms with Crippen LogP contribution in [-0.2, 0) is 11.2 Å². The Labute approximate surface area is 118 Å². The summed E-state index contributed by atoms with van der Waals surface area (Å²) in [6.45, 7) is 4.18. The topological polar surface area (TPSA) is 45.2 Å². The molecule has 0 aromatic carbocycles. The average molecular weight is 279 g/mol. The van der Waals surface area contributed by atoms with Crippen LogP contribution in [-0.4, -0.2) is 42.0 Å². The molecule has 2 atom stereocenters. The maximum atomic E-state index is 12.3. The zero-order chi connectivity index (χ0) is 13.1. The summed E-state index contributed by atoms with van der Waals surface area (Å²) in [6, 6.07) is 0. The lowest BCUT2D eigenvalue weighted by Gasteiger charge is -2.20. The highest BCUT2D eigenvalue weighted by Crippen LogP contribution is 2.27. The molecule has 0 radical (unpaired) electrons. The minimum atomic E-state index is 0.308. The number of fused-ring (bicyclic) bond motifs is 1. The zero-order valence-electron chi connectivity index (χ0n) is 11.2. The van der Waals surface area contributed by atoms with E-state index < -0.39 is 0 Å². The van der Waals surface area contributed by atoms with E-state index in [2.05, 4.69) is 15.2 Å². The fourth-order valence-corrected chi connectivity index (χ4v) is 3.84. The number of aryl methyl sites for hydroxylation is 1. The van der Waals surface area contributed by atoms with Gasteiger partial charge < -0.3 is 10.2 Å². The molecule has 2 saturated heterocycles. The maximum Gasteiger partial charge on any atom is 0.222 e. The molecule has 19 heavy (non-hydrogen) atoms. The molecule has 3 heterocycles. The maximum absolute atomic E-state index is 12.3. The van der Waals surface area contributed by atoms with Gasteiger partial charge in [-0.3, -0.25) is 4.79 Å². The molecule has 2 aliphatic rings. The molecule has 1 aromatic rings. The summed E-state index contributed by atoms with van der Waals surface area (Å²) in [6.07, 6.45) is 5.55. The van der Waals surface area contributed by atoms with Crippen LogP contribution in [0.4, 0.5) is 0 Å². The van der Waals surface area contributed by atoms with Crippen LogP contribution < -0.4 is 5.32 Å². The molecule has 0 saturated carbocycles. The molecule has 2 aliphatic heterocycles. The Kier molecular flexibility index (Phi) is 4.13. The Morgan fingerprint density at radius 3 is 2.74 bits per heavy atom. The number of rotatable bonds is 3. The zero-order valence-corrected chi connectivity index (χ0v) is 12.0. The van der Waals surface area contributed by atoms with Gasteiger partial charge in [0.05, 0.1) is 5.01 Å². The van der Waals surface area contributed by atoms with Gasteiger partial charge in [-0.05, 0) is 37.8 Å². The van der Waals surface area contributed by atoms with Gasteiger partial charge >= 0.3 is 0 Å². The highest BCUT2D eigenvalue weighted by atomic mass is 32.1. The number of nitrogens with one attached hydrogen (secondary N) is 1. The predicted molar refractivity (Wildman–Crippen MR) is 76.1 cm³/mol. The van der Waals surface area contributed by atoms with E-state index in [4.69, 9.17) is 0 Å². The second kappa shape index (κ2) is 6.01. The van der Waals surface area contributed by atoms with Crippen molar-refractivity contribution >= 4 is 17.2 Å². The molecular formula is C14H21N3OS. The highest BCUT2D eigenvalue weighted by Gasteiger charge is 2.31. The summed E-state index contributed by atoms with van der Waals surface area (Å²) in [7, 11) is 0. The van der Waals surface area contributed by atoms with Gasteiger partial charge in [0, 0.05) is 37.5 Å². The van der Waals surface area contributed by atoms with Gasteiger partial charge in [0.1, 0.15) is 0 Å². The lowest BCUT2D eigenvalue weighted by Crippen LogP contribution is -2.32. The van der Waals surface area contributed by atoms with Crippen LogP contribution in [0.2, 0.25) is 0 Å². The van der Waals surface area contributed by atoms with Gasteiger partial charge in [-0.25, -0.2) is 4.98 Å².